The van der Waals surface area contributed by atoms with Gasteiger partial charge in [-0.2, -0.15) is 0 Å². The van der Waals surface area contributed by atoms with Crippen molar-refractivity contribution in [1.29, 1.82) is 0 Å². The quantitative estimate of drug-likeness (QED) is 0.0199. The highest BCUT2D eigenvalue weighted by Gasteiger charge is 2.53. The standard InChI is InChI=1S/C75H133NO18/c1-3-5-7-9-11-13-15-17-19-21-23-25-26-27-28-29-30-31-33-34-36-38-40-42-44-46-48-50-52-59(80)58(76-63(81)53-51-49-47-45-43-41-39-37-35-32-24-22-20-18-16-14-12-10-8-6-4-2)57-89-73-69(87)66(84)71(61(55-78)91-73)94-75-70(88)67(85)72(62(56-79)92-75)93-74-68(86)65(83)64(82)60(54-77)90-74/h16,18,22,24,34-37,42,44,50,52,58-62,64-75,77-80,82-88H,3-15,17,19-21,23,25-33,38-41,43,45-49,51,53-57H2,1-2H3,(H,76,81)/b18-16-,24-22-,36-34+,37-35-,44-42+,52-50+. The molecule has 1 amide bonds. The summed E-state index contributed by atoms with van der Waals surface area (Å²) < 4.78 is 34.4. The highest BCUT2D eigenvalue weighted by molar-refractivity contribution is 5.76. The van der Waals surface area contributed by atoms with E-state index in [2.05, 4.69) is 79.9 Å². The third-order valence-electron chi connectivity index (χ3n) is 18.2. The van der Waals surface area contributed by atoms with E-state index in [1.54, 1.807) is 6.08 Å². The lowest BCUT2D eigenvalue weighted by atomic mass is 9.96. The van der Waals surface area contributed by atoms with E-state index in [1.807, 2.05) is 6.08 Å². The summed E-state index contributed by atoms with van der Waals surface area (Å²) in [5.41, 5.74) is 0. The van der Waals surface area contributed by atoms with Gasteiger partial charge in [0.25, 0.3) is 0 Å². The molecule has 3 aliphatic rings. The van der Waals surface area contributed by atoms with Gasteiger partial charge in [0, 0.05) is 6.42 Å². The van der Waals surface area contributed by atoms with Crippen LogP contribution >= 0.6 is 0 Å². The summed E-state index contributed by atoms with van der Waals surface area (Å²) in [6.07, 6.45) is 44.5. The number of carbonyl (C=O) groups is 1. The van der Waals surface area contributed by atoms with E-state index >= 15 is 0 Å². The van der Waals surface area contributed by atoms with Crippen LogP contribution < -0.4 is 5.32 Å². The van der Waals surface area contributed by atoms with Crippen LogP contribution in [0.3, 0.4) is 0 Å². The molecular formula is C75H133NO18. The lowest BCUT2D eigenvalue weighted by molar-refractivity contribution is -0.379. The van der Waals surface area contributed by atoms with Crippen molar-refractivity contribution in [3.8, 4) is 0 Å². The van der Waals surface area contributed by atoms with Crippen LogP contribution in [-0.4, -0.2) is 193 Å². The zero-order valence-electron chi connectivity index (χ0n) is 57.9. The van der Waals surface area contributed by atoms with Crippen molar-refractivity contribution in [3.63, 3.8) is 0 Å². The van der Waals surface area contributed by atoms with E-state index < -0.39 is 124 Å². The normalized spacial score (nSPS) is 27.8. The lowest BCUT2D eigenvalue weighted by Gasteiger charge is -2.48. The summed E-state index contributed by atoms with van der Waals surface area (Å²) in [5.74, 6) is -0.302. The molecule has 0 aromatic carbocycles. The minimum absolute atomic E-state index is 0.214. The Hall–Kier alpha value is -2.77. The first kappa shape index (κ1) is 85.5. The number of hydrogen-bond donors (Lipinski definition) is 12. The van der Waals surface area contributed by atoms with Crippen LogP contribution in [0, 0.1) is 0 Å². The third-order valence-corrected chi connectivity index (χ3v) is 18.2. The Kier molecular flexibility index (Phi) is 50.9. The molecule has 3 saturated heterocycles. The fourth-order valence-electron chi connectivity index (χ4n) is 12.2. The van der Waals surface area contributed by atoms with Gasteiger partial charge in [-0.15, -0.1) is 0 Å². The number of nitrogens with one attached hydrogen (secondary N) is 1. The SMILES string of the molecule is CCCCCCC/C=C\C/C=C\C/C=C\CCCCCCCCC(=O)NC(COC1OC(CO)C(OC2OC(CO)C(OC3OC(CO)C(O)C(O)C3O)C(O)C2O)C(O)C1O)C(O)/C=C/CC/C=C/CC/C=C/CCCCCCCCCCCCCCCCCCCC. The highest BCUT2D eigenvalue weighted by Crippen LogP contribution is 2.33. The number of aliphatic hydroxyl groups is 11. The predicted molar refractivity (Wildman–Crippen MR) is 369 cm³/mol. The highest BCUT2D eigenvalue weighted by atomic mass is 16.8. The van der Waals surface area contributed by atoms with Crippen molar-refractivity contribution in [2.75, 3.05) is 26.4 Å². The van der Waals surface area contributed by atoms with Crippen molar-refractivity contribution >= 4 is 5.91 Å². The van der Waals surface area contributed by atoms with Gasteiger partial charge in [-0.1, -0.05) is 247 Å². The van der Waals surface area contributed by atoms with E-state index in [0.29, 0.717) is 12.8 Å². The molecule has 546 valence electrons. The summed E-state index contributed by atoms with van der Waals surface area (Å²) in [6.45, 7) is 1.70. The van der Waals surface area contributed by atoms with E-state index in [0.717, 1.165) is 77.0 Å². The average Bonchev–Trinajstić information content (AvgIpc) is 0.787. The maximum absolute atomic E-state index is 13.4. The van der Waals surface area contributed by atoms with Crippen LogP contribution in [0.15, 0.2) is 72.9 Å². The van der Waals surface area contributed by atoms with E-state index in [9.17, 15) is 61.0 Å². The first-order chi connectivity index (χ1) is 45.8. The van der Waals surface area contributed by atoms with Gasteiger partial charge >= 0.3 is 0 Å². The first-order valence-corrected chi connectivity index (χ1v) is 37.2. The first-order valence-electron chi connectivity index (χ1n) is 37.2. The van der Waals surface area contributed by atoms with Gasteiger partial charge in [-0.05, 0) is 83.5 Å². The molecule has 3 heterocycles. The molecule has 0 aromatic rings. The smallest absolute Gasteiger partial charge is 0.220 e. The molecular weight excluding hydrogens is 1200 g/mol. The number of carbonyl (C=O) groups excluding carboxylic acids is 1. The van der Waals surface area contributed by atoms with E-state index in [-0.39, 0.29) is 18.9 Å². The van der Waals surface area contributed by atoms with Crippen LogP contribution in [0.25, 0.3) is 0 Å². The van der Waals surface area contributed by atoms with Crippen molar-refractivity contribution in [2.24, 2.45) is 0 Å². The Morgan fingerprint density at radius 1 is 0.383 bits per heavy atom. The molecule has 19 heteroatoms. The molecule has 17 atom stereocenters. The van der Waals surface area contributed by atoms with Gasteiger partial charge in [0.15, 0.2) is 18.9 Å². The van der Waals surface area contributed by atoms with Crippen LogP contribution in [0.4, 0.5) is 0 Å². The fraction of sp³-hybridized carbons (Fsp3) is 0.827. The van der Waals surface area contributed by atoms with Crippen LogP contribution in [0.2, 0.25) is 0 Å². The summed E-state index contributed by atoms with van der Waals surface area (Å²) in [5, 5.41) is 121. The van der Waals surface area contributed by atoms with Crippen molar-refractivity contribution in [2.45, 2.75) is 369 Å². The van der Waals surface area contributed by atoms with Crippen LogP contribution in [0.1, 0.15) is 264 Å². The van der Waals surface area contributed by atoms with Gasteiger partial charge in [0.2, 0.25) is 5.91 Å². The second-order valence-electron chi connectivity index (χ2n) is 26.4. The number of amides is 1. The van der Waals surface area contributed by atoms with Crippen LogP contribution in [-0.2, 0) is 33.2 Å². The van der Waals surface area contributed by atoms with E-state index in [1.165, 1.54) is 154 Å². The molecule has 17 unspecified atom stereocenters. The summed E-state index contributed by atoms with van der Waals surface area (Å²) in [7, 11) is 0. The minimum Gasteiger partial charge on any atom is -0.394 e. The Balaban J connectivity index is 1.44. The average molecular weight is 1340 g/mol. The number of hydrogen-bond acceptors (Lipinski definition) is 18. The Morgan fingerprint density at radius 3 is 1.14 bits per heavy atom. The van der Waals surface area contributed by atoms with Crippen molar-refractivity contribution < 1.29 is 89.4 Å². The number of rotatable bonds is 57. The lowest BCUT2D eigenvalue weighted by Crippen LogP contribution is -2.66. The van der Waals surface area contributed by atoms with Crippen LogP contribution in [0.5, 0.6) is 0 Å². The maximum Gasteiger partial charge on any atom is 0.220 e. The number of allylic oxidation sites excluding steroid dienone is 11. The molecule has 0 aliphatic carbocycles. The molecule has 3 aliphatic heterocycles. The Labute approximate surface area is 566 Å². The monoisotopic (exact) mass is 1340 g/mol. The molecule has 94 heavy (non-hydrogen) atoms. The molecule has 3 fully saturated rings. The Bertz CT molecular complexity index is 1980. The fourth-order valence-corrected chi connectivity index (χ4v) is 12.2. The minimum atomic E-state index is -1.99. The second-order valence-corrected chi connectivity index (χ2v) is 26.4. The molecule has 0 saturated carbocycles. The van der Waals surface area contributed by atoms with E-state index in [4.69, 9.17) is 28.4 Å². The molecule has 19 nitrogen and oxygen atoms in total. The van der Waals surface area contributed by atoms with Crippen molar-refractivity contribution in [1.82, 2.24) is 5.32 Å². The van der Waals surface area contributed by atoms with Gasteiger partial charge in [0.05, 0.1) is 38.6 Å². The predicted octanol–water partition coefficient (Wildman–Crippen LogP) is 10.9. The largest absolute Gasteiger partial charge is 0.394 e. The van der Waals surface area contributed by atoms with Gasteiger partial charge in [-0.3, -0.25) is 4.79 Å². The summed E-state index contributed by atoms with van der Waals surface area (Å²) >= 11 is 0. The molecule has 3 rings (SSSR count). The summed E-state index contributed by atoms with van der Waals surface area (Å²) in [4.78, 5) is 13.4. The van der Waals surface area contributed by atoms with Gasteiger partial charge in [0.1, 0.15) is 73.2 Å². The molecule has 0 bridgehead atoms. The molecule has 0 radical (unpaired) electrons. The maximum atomic E-state index is 13.4. The molecule has 12 N–H and O–H groups in total. The second kappa shape index (κ2) is 56.0. The van der Waals surface area contributed by atoms with Gasteiger partial charge < -0.3 is 89.9 Å². The number of ether oxygens (including phenoxy) is 6. The zero-order chi connectivity index (χ0) is 68.2. The number of aliphatic hydroxyl groups excluding tert-OH is 11. The summed E-state index contributed by atoms with van der Waals surface area (Å²) in [6, 6.07) is -1.01. The molecule has 0 spiro atoms. The number of unbranched alkanes of at least 4 members (excludes halogenated alkanes) is 31. The molecule has 0 aromatic heterocycles. The van der Waals surface area contributed by atoms with Crippen molar-refractivity contribution in [3.05, 3.63) is 72.9 Å². The zero-order valence-corrected chi connectivity index (χ0v) is 57.9. The topological polar surface area (TPSA) is 307 Å². The van der Waals surface area contributed by atoms with Gasteiger partial charge in [-0.25, -0.2) is 0 Å². The third kappa shape index (κ3) is 36.9. The Morgan fingerprint density at radius 2 is 0.713 bits per heavy atom.